The predicted octanol–water partition coefficient (Wildman–Crippen LogP) is 1.43. The third-order valence-corrected chi connectivity index (χ3v) is 2.85. The van der Waals surface area contributed by atoms with Gasteiger partial charge in [0.1, 0.15) is 0 Å². The first kappa shape index (κ1) is 15.5. The number of nitrogens with zero attached hydrogens (tertiary/aromatic N) is 2. The number of esters is 1. The minimum atomic E-state index is -4.75. The standard InChI is InChI=1S/C13H10F3N3O3/c1-22-12(21)8-3-2-7(6-9(8)13(14,15)16)10-4-5-11(20)19(17)18-10/h2-6H,17H2,1H3. The van der Waals surface area contributed by atoms with Crippen LogP contribution in [-0.2, 0) is 10.9 Å². The Morgan fingerprint density at radius 2 is 1.95 bits per heavy atom. The number of hydrogen-bond donors (Lipinski definition) is 1. The lowest BCUT2D eigenvalue weighted by Gasteiger charge is -2.13. The summed E-state index contributed by atoms with van der Waals surface area (Å²) in [5, 5.41) is 3.66. The highest BCUT2D eigenvalue weighted by Crippen LogP contribution is 2.34. The number of aromatic nitrogens is 2. The first-order valence-electron chi connectivity index (χ1n) is 5.89. The van der Waals surface area contributed by atoms with E-state index in [1.807, 2.05) is 0 Å². The first-order valence-corrected chi connectivity index (χ1v) is 5.89. The van der Waals surface area contributed by atoms with Gasteiger partial charge in [-0.2, -0.15) is 13.2 Å². The van der Waals surface area contributed by atoms with Gasteiger partial charge in [-0.1, -0.05) is 6.07 Å². The number of rotatable bonds is 2. The zero-order valence-electron chi connectivity index (χ0n) is 11.2. The Labute approximate surface area is 121 Å². The van der Waals surface area contributed by atoms with Crippen LogP contribution in [0, 0.1) is 0 Å². The Morgan fingerprint density at radius 1 is 1.27 bits per heavy atom. The van der Waals surface area contributed by atoms with Gasteiger partial charge in [0.25, 0.3) is 5.56 Å². The average molecular weight is 313 g/mol. The molecule has 0 aliphatic rings. The molecule has 2 N–H and O–H groups in total. The van der Waals surface area contributed by atoms with Gasteiger partial charge >= 0.3 is 12.1 Å². The number of benzene rings is 1. The van der Waals surface area contributed by atoms with Gasteiger partial charge in [-0.05, 0) is 18.2 Å². The summed E-state index contributed by atoms with van der Waals surface area (Å²) in [5.74, 6) is 4.18. The van der Waals surface area contributed by atoms with Crippen molar-refractivity contribution in [2.75, 3.05) is 13.0 Å². The summed E-state index contributed by atoms with van der Waals surface area (Å²) in [6, 6.07) is 5.30. The van der Waals surface area contributed by atoms with Crippen molar-refractivity contribution in [2.45, 2.75) is 6.18 Å². The second-order valence-electron chi connectivity index (χ2n) is 4.25. The number of halogens is 3. The van der Waals surface area contributed by atoms with Gasteiger partial charge in [0.2, 0.25) is 0 Å². The molecule has 0 bridgehead atoms. The van der Waals surface area contributed by atoms with E-state index in [4.69, 9.17) is 5.84 Å². The number of nitrogens with two attached hydrogens (primary N) is 1. The molecule has 0 unspecified atom stereocenters. The highest BCUT2D eigenvalue weighted by Gasteiger charge is 2.36. The summed E-state index contributed by atoms with van der Waals surface area (Å²) in [6.07, 6.45) is -4.75. The van der Waals surface area contributed by atoms with E-state index in [-0.39, 0.29) is 11.3 Å². The van der Waals surface area contributed by atoms with Crippen LogP contribution in [0.3, 0.4) is 0 Å². The van der Waals surface area contributed by atoms with Crippen molar-refractivity contribution >= 4 is 5.97 Å². The molecule has 1 heterocycles. The van der Waals surface area contributed by atoms with E-state index in [1.54, 1.807) is 0 Å². The van der Waals surface area contributed by atoms with Crippen molar-refractivity contribution in [1.29, 1.82) is 0 Å². The molecule has 0 fully saturated rings. The fourth-order valence-corrected chi connectivity index (χ4v) is 1.81. The summed E-state index contributed by atoms with van der Waals surface area (Å²) in [5.41, 5.74) is -2.26. The molecule has 0 atom stereocenters. The van der Waals surface area contributed by atoms with E-state index in [0.717, 1.165) is 25.3 Å². The largest absolute Gasteiger partial charge is 0.465 e. The lowest BCUT2D eigenvalue weighted by Crippen LogP contribution is -2.29. The Bertz CT molecular complexity index is 784. The number of hydrogen-bond acceptors (Lipinski definition) is 5. The zero-order valence-corrected chi connectivity index (χ0v) is 11.2. The molecule has 6 nitrogen and oxygen atoms in total. The molecule has 9 heteroatoms. The van der Waals surface area contributed by atoms with Crippen molar-refractivity contribution in [3.8, 4) is 11.3 Å². The van der Waals surface area contributed by atoms with Crippen molar-refractivity contribution in [3.63, 3.8) is 0 Å². The smallest absolute Gasteiger partial charge is 0.417 e. The van der Waals surface area contributed by atoms with Crippen molar-refractivity contribution in [2.24, 2.45) is 0 Å². The third kappa shape index (κ3) is 2.92. The Balaban J connectivity index is 2.62. The van der Waals surface area contributed by atoms with Crippen molar-refractivity contribution < 1.29 is 22.7 Å². The number of carbonyl (C=O) groups excluding carboxylic acids is 1. The van der Waals surface area contributed by atoms with E-state index in [2.05, 4.69) is 9.84 Å². The lowest BCUT2D eigenvalue weighted by atomic mass is 10.0. The minimum absolute atomic E-state index is 0.0548. The second kappa shape index (κ2) is 5.51. The van der Waals surface area contributed by atoms with E-state index < -0.39 is 28.8 Å². The topological polar surface area (TPSA) is 87.2 Å². The van der Waals surface area contributed by atoms with Crippen LogP contribution in [0.2, 0.25) is 0 Å². The van der Waals surface area contributed by atoms with Gasteiger partial charge in [-0.15, -0.1) is 9.89 Å². The van der Waals surface area contributed by atoms with Gasteiger partial charge in [-0.3, -0.25) is 4.79 Å². The SMILES string of the molecule is COC(=O)c1ccc(-c2ccc(=O)n(N)n2)cc1C(F)(F)F. The third-order valence-electron chi connectivity index (χ3n) is 2.85. The summed E-state index contributed by atoms with van der Waals surface area (Å²) < 4.78 is 43.6. The van der Waals surface area contributed by atoms with E-state index in [9.17, 15) is 22.8 Å². The number of nitrogen functional groups attached to an aromatic ring is 1. The highest BCUT2D eigenvalue weighted by molar-refractivity contribution is 5.92. The van der Waals surface area contributed by atoms with Crippen LogP contribution in [0.15, 0.2) is 35.1 Å². The van der Waals surface area contributed by atoms with Crippen LogP contribution in [0.4, 0.5) is 13.2 Å². The van der Waals surface area contributed by atoms with Gasteiger partial charge in [-0.25, -0.2) is 4.79 Å². The molecule has 1 aromatic heterocycles. The summed E-state index contributed by atoms with van der Waals surface area (Å²) in [4.78, 5) is 23.1. The zero-order chi connectivity index (χ0) is 16.5. The quantitative estimate of drug-likeness (QED) is 0.669. The normalized spacial score (nSPS) is 11.3. The summed E-state index contributed by atoms with van der Waals surface area (Å²) >= 11 is 0. The molecule has 0 spiro atoms. The maximum Gasteiger partial charge on any atom is 0.417 e. The van der Waals surface area contributed by atoms with Gasteiger partial charge in [0, 0.05) is 11.6 Å². The highest BCUT2D eigenvalue weighted by atomic mass is 19.4. The van der Waals surface area contributed by atoms with E-state index >= 15 is 0 Å². The molecule has 0 amide bonds. The molecule has 116 valence electrons. The van der Waals surface area contributed by atoms with Crippen molar-refractivity contribution in [1.82, 2.24) is 9.89 Å². The molecule has 2 rings (SSSR count). The van der Waals surface area contributed by atoms with E-state index in [0.29, 0.717) is 4.79 Å². The lowest BCUT2D eigenvalue weighted by molar-refractivity contribution is -0.138. The summed E-state index contributed by atoms with van der Waals surface area (Å²) in [7, 11) is 0.988. The Hall–Kier alpha value is -2.84. The fraction of sp³-hybridized carbons (Fsp3) is 0.154. The Morgan fingerprint density at radius 3 is 2.50 bits per heavy atom. The first-order chi connectivity index (χ1) is 10.2. The van der Waals surface area contributed by atoms with Gasteiger partial charge in [0.05, 0.1) is 23.9 Å². The monoisotopic (exact) mass is 313 g/mol. The molecule has 0 aliphatic heterocycles. The molecule has 0 aliphatic carbocycles. The van der Waals surface area contributed by atoms with Crippen molar-refractivity contribution in [3.05, 3.63) is 51.8 Å². The molecule has 22 heavy (non-hydrogen) atoms. The Kier molecular flexibility index (Phi) is 3.89. The van der Waals surface area contributed by atoms with Crippen LogP contribution >= 0.6 is 0 Å². The number of methoxy groups -OCH3 is 1. The second-order valence-corrected chi connectivity index (χ2v) is 4.25. The molecule has 0 saturated heterocycles. The number of carbonyl (C=O) groups is 1. The van der Waals surface area contributed by atoms with Gasteiger partial charge < -0.3 is 10.6 Å². The maximum atomic E-state index is 13.1. The number of ether oxygens (including phenoxy) is 1. The fourth-order valence-electron chi connectivity index (χ4n) is 1.81. The van der Waals surface area contributed by atoms with Crippen LogP contribution in [0.1, 0.15) is 15.9 Å². The molecule has 2 aromatic rings. The summed E-state index contributed by atoms with van der Waals surface area (Å²) in [6.45, 7) is 0. The van der Waals surface area contributed by atoms with Crippen LogP contribution < -0.4 is 11.4 Å². The van der Waals surface area contributed by atoms with Crippen LogP contribution in [0.5, 0.6) is 0 Å². The molecule has 1 aromatic carbocycles. The predicted molar refractivity (Wildman–Crippen MR) is 70.4 cm³/mol. The molecule has 0 radical (unpaired) electrons. The van der Waals surface area contributed by atoms with Crippen LogP contribution in [-0.4, -0.2) is 23.0 Å². The number of alkyl halides is 3. The van der Waals surface area contributed by atoms with Crippen LogP contribution in [0.25, 0.3) is 11.3 Å². The molecule has 0 saturated carbocycles. The minimum Gasteiger partial charge on any atom is -0.465 e. The molecular weight excluding hydrogens is 303 g/mol. The van der Waals surface area contributed by atoms with E-state index in [1.165, 1.54) is 12.1 Å². The van der Waals surface area contributed by atoms with Gasteiger partial charge in [0.15, 0.2) is 0 Å². The average Bonchev–Trinajstić information content (AvgIpc) is 2.47. The molecular formula is C13H10F3N3O3. The maximum absolute atomic E-state index is 13.1.